The van der Waals surface area contributed by atoms with E-state index in [1.165, 1.54) is 5.56 Å². The van der Waals surface area contributed by atoms with Crippen LogP contribution in [0.3, 0.4) is 0 Å². The molecule has 2 rings (SSSR count). The summed E-state index contributed by atoms with van der Waals surface area (Å²) in [4.78, 5) is 25.3. The van der Waals surface area contributed by atoms with Crippen molar-refractivity contribution >= 4 is 11.8 Å². The van der Waals surface area contributed by atoms with E-state index < -0.39 is 0 Å². The first-order chi connectivity index (χ1) is 9.11. The fourth-order valence-corrected chi connectivity index (χ4v) is 2.46. The predicted octanol–water partition coefficient (Wildman–Crippen LogP) is 1.59. The van der Waals surface area contributed by atoms with E-state index in [0.717, 1.165) is 19.3 Å². The quantitative estimate of drug-likeness (QED) is 0.897. The Balaban J connectivity index is 2.07. The van der Waals surface area contributed by atoms with Crippen LogP contribution in [-0.2, 0) is 11.2 Å². The van der Waals surface area contributed by atoms with E-state index in [1.807, 2.05) is 24.3 Å². The number of nitrogens with two attached hydrogens (primary N) is 1. The molecule has 1 aliphatic rings. The van der Waals surface area contributed by atoms with E-state index in [-0.39, 0.29) is 17.7 Å². The van der Waals surface area contributed by atoms with Gasteiger partial charge in [0.05, 0.1) is 5.92 Å². The van der Waals surface area contributed by atoms with Gasteiger partial charge >= 0.3 is 0 Å². The molecule has 1 aromatic rings. The number of benzene rings is 1. The molecule has 0 bridgehead atoms. The lowest BCUT2D eigenvalue weighted by atomic mass is 9.97. The lowest BCUT2D eigenvalue weighted by Gasteiger charge is -2.31. The number of rotatable bonds is 3. The fourth-order valence-electron chi connectivity index (χ4n) is 2.46. The van der Waals surface area contributed by atoms with Crippen molar-refractivity contribution < 1.29 is 9.59 Å². The zero-order chi connectivity index (χ0) is 13.8. The minimum Gasteiger partial charge on any atom is -0.369 e. The summed E-state index contributed by atoms with van der Waals surface area (Å²) < 4.78 is 0. The van der Waals surface area contributed by atoms with Crippen molar-refractivity contribution in [1.82, 2.24) is 4.90 Å². The van der Waals surface area contributed by atoms with E-state index in [1.54, 1.807) is 4.90 Å². The maximum atomic E-state index is 12.3. The van der Waals surface area contributed by atoms with Gasteiger partial charge in [0, 0.05) is 18.7 Å². The molecule has 0 saturated carbocycles. The molecule has 1 aromatic carbocycles. The molecule has 0 spiro atoms. The van der Waals surface area contributed by atoms with Crippen molar-refractivity contribution in [1.29, 1.82) is 0 Å². The molecule has 1 saturated heterocycles. The highest BCUT2D eigenvalue weighted by Gasteiger charge is 2.27. The number of carbonyl (C=O) groups is 2. The highest BCUT2D eigenvalue weighted by Crippen LogP contribution is 2.18. The molecule has 2 amide bonds. The summed E-state index contributed by atoms with van der Waals surface area (Å²) >= 11 is 0. The maximum absolute atomic E-state index is 12.3. The zero-order valence-corrected chi connectivity index (χ0v) is 11.3. The van der Waals surface area contributed by atoms with Crippen LogP contribution in [0.15, 0.2) is 24.3 Å². The molecule has 1 atom stereocenters. The fraction of sp³-hybridized carbons (Fsp3) is 0.467. The molecule has 19 heavy (non-hydrogen) atoms. The van der Waals surface area contributed by atoms with Crippen molar-refractivity contribution in [3.8, 4) is 0 Å². The van der Waals surface area contributed by atoms with Gasteiger partial charge in [0.2, 0.25) is 5.91 Å². The van der Waals surface area contributed by atoms with Crippen molar-refractivity contribution in [2.24, 2.45) is 11.7 Å². The molecular weight excluding hydrogens is 240 g/mol. The van der Waals surface area contributed by atoms with Gasteiger partial charge in [0.1, 0.15) is 0 Å². The molecule has 0 aliphatic carbocycles. The first kappa shape index (κ1) is 13.6. The third-order valence-electron chi connectivity index (χ3n) is 3.72. The number of amides is 2. The van der Waals surface area contributed by atoms with Gasteiger partial charge in [-0.1, -0.05) is 19.1 Å². The molecular formula is C15H20N2O2. The summed E-state index contributed by atoms with van der Waals surface area (Å²) in [5.41, 5.74) is 7.23. The molecule has 102 valence electrons. The highest BCUT2D eigenvalue weighted by molar-refractivity contribution is 5.94. The Morgan fingerprint density at radius 1 is 1.32 bits per heavy atom. The summed E-state index contributed by atoms with van der Waals surface area (Å²) in [6.45, 7) is 3.24. The minimum atomic E-state index is -0.307. The van der Waals surface area contributed by atoms with Crippen molar-refractivity contribution in [2.75, 3.05) is 13.1 Å². The summed E-state index contributed by atoms with van der Waals surface area (Å²) in [5.74, 6) is -0.514. The van der Waals surface area contributed by atoms with Crippen LogP contribution >= 0.6 is 0 Å². The van der Waals surface area contributed by atoms with Crippen molar-refractivity contribution in [3.05, 3.63) is 35.4 Å². The average Bonchev–Trinajstić information content (AvgIpc) is 2.46. The Bertz CT molecular complexity index is 468. The molecule has 1 heterocycles. The first-order valence-corrected chi connectivity index (χ1v) is 6.79. The smallest absolute Gasteiger partial charge is 0.253 e. The van der Waals surface area contributed by atoms with Gasteiger partial charge in [-0.25, -0.2) is 0 Å². The SMILES string of the molecule is CCc1ccc(C(=O)N2CCCC(C(N)=O)C2)cc1. The monoisotopic (exact) mass is 260 g/mol. The maximum Gasteiger partial charge on any atom is 0.253 e. The largest absolute Gasteiger partial charge is 0.369 e. The van der Waals surface area contributed by atoms with E-state index in [4.69, 9.17) is 5.73 Å². The Kier molecular flexibility index (Phi) is 4.20. The van der Waals surface area contributed by atoms with Gasteiger partial charge in [-0.05, 0) is 37.0 Å². The van der Waals surface area contributed by atoms with E-state index >= 15 is 0 Å². The lowest BCUT2D eigenvalue weighted by Crippen LogP contribution is -2.44. The number of carbonyl (C=O) groups excluding carboxylic acids is 2. The van der Waals surface area contributed by atoms with Crippen LogP contribution in [0.1, 0.15) is 35.7 Å². The van der Waals surface area contributed by atoms with Gasteiger partial charge in [-0.15, -0.1) is 0 Å². The highest BCUT2D eigenvalue weighted by atomic mass is 16.2. The number of aryl methyl sites for hydroxylation is 1. The molecule has 1 aliphatic heterocycles. The first-order valence-electron chi connectivity index (χ1n) is 6.79. The molecule has 1 fully saturated rings. The number of primary amides is 1. The second-order valence-electron chi connectivity index (χ2n) is 5.04. The number of piperidine rings is 1. The van der Waals surface area contributed by atoms with Crippen LogP contribution in [0.25, 0.3) is 0 Å². The topological polar surface area (TPSA) is 63.4 Å². The van der Waals surface area contributed by atoms with Gasteiger partial charge in [-0.2, -0.15) is 0 Å². The van der Waals surface area contributed by atoms with E-state index in [9.17, 15) is 9.59 Å². The van der Waals surface area contributed by atoms with E-state index in [2.05, 4.69) is 6.92 Å². The van der Waals surface area contributed by atoms with Gasteiger partial charge in [-0.3, -0.25) is 9.59 Å². The van der Waals surface area contributed by atoms with Crippen molar-refractivity contribution in [2.45, 2.75) is 26.2 Å². The summed E-state index contributed by atoms with van der Waals surface area (Å²) in [6.07, 6.45) is 2.59. The standard InChI is InChI=1S/C15H20N2O2/c1-2-11-5-7-12(8-6-11)15(19)17-9-3-4-13(10-17)14(16)18/h5-8,13H,2-4,9-10H2,1H3,(H2,16,18). The average molecular weight is 260 g/mol. The number of hydrogen-bond acceptors (Lipinski definition) is 2. The summed E-state index contributed by atoms with van der Waals surface area (Å²) in [6, 6.07) is 7.66. The van der Waals surface area contributed by atoms with Gasteiger partial charge < -0.3 is 10.6 Å². The number of nitrogens with zero attached hydrogens (tertiary/aromatic N) is 1. The second-order valence-corrected chi connectivity index (χ2v) is 5.04. The van der Waals surface area contributed by atoms with Crippen molar-refractivity contribution in [3.63, 3.8) is 0 Å². The van der Waals surface area contributed by atoms with E-state index in [0.29, 0.717) is 18.7 Å². The van der Waals surface area contributed by atoms with Gasteiger partial charge in [0.15, 0.2) is 0 Å². The second kappa shape index (κ2) is 5.87. The predicted molar refractivity (Wildman–Crippen MR) is 73.6 cm³/mol. The third kappa shape index (κ3) is 3.13. The zero-order valence-electron chi connectivity index (χ0n) is 11.3. The normalized spacial score (nSPS) is 19.2. The molecule has 4 nitrogen and oxygen atoms in total. The molecule has 1 unspecified atom stereocenters. The van der Waals surface area contributed by atoms with Crippen LogP contribution in [-0.4, -0.2) is 29.8 Å². The number of hydrogen-bond donors (Lipinski definition) is 1. The lowest BCUT2D eigenvalue weighted by molar-refractivity contribution is -0.123. The molecule has 4 heteroatoms. The minimum absolute atomic E-state index is 0.00592. The Labute approximate surface area is 113 Å². The Hall–Kier alpha value is -1.84. The molecule has 0 aromatic heterocycles. The summed E-state index contributed by atoms with van der Waals surface area (Å²) in [7, 11) is 0. The van der Waals surface area contributed by atoms with Crippen LogP contribution in [0.4, 0.5) is 0 Å². The summed E-state index contributed by atoms with van der Waals surface area (Å²) in [5, 5.41) is 0. The van der Waals surface area contributed by atoms with Crippen LogP contribution < -0.4 is 5.73 Å². The van der Waals surface area contributed by atoms with Crippen LogP contribution in [0.2, 0.25) is 0 Å². The third-order valence-corrected chi connectivity index (χ3v) is 3.72. The molecule has 2 N–H and O–H groups in total. The van der Waals surface area contributed by atoms with Gasteiger partial charge in [0.25, 0.3) is 5.91 Å². The van der Waals surface area contributed by atoms with Crippen LogP contribution in [0.5, 0.6) is 0 Å². The van der Waals surface area contributed by atoms with Crippen LogP contribution in [0, 0.1) is 5.92 Å². The molecule has 0 radical (unpaired) electrons. The Morgan fingerprint density at radius 3 is 2.58 bits per heavy atom. The number of likely N-dealkylation sites (tertiary alicyclic amines) is 1. The Morgan fingerprint density at radius 2 is 2.00 bits per heavy atom.